The Labute approximate surface area is 186 Å². The Hall–Kier alpha value is -2.43. The van der Waals surface area contributed by atoms with E-state index in [1.807, 2.05) is 6.92 Å². The van der Waals surface area contributed by atoms with Crippen molar-refractivity contribution in [2.45, 2.75) is 24.5 Å². The maximum Gasteiger partial charge on any atom is 0.416 e. The van der Waals surface area contributed by atoms with Crippen molar-refractivity contribution in [2.24, 2.45) is 0 Å². The second-order valence-electron chi connectivity index (χ2n) is 7.93. The summed E-state index contributed by atoms with van der Waals surface area (Å²) in [5, 5.41) is 0. The van der Waals surface area contributed by atoms with Gasteiger partial charge in [-0.3, -0.25) is 9.69 Å². The molecule has 2 aromatic carbocycles. The molecule has 3 rings (SSSR count). The number of carbonyl (C=O) groups excluding carboxylic acids is 1. The third-order valence-corrected chi connectivity index (χ3v) is 7.32. The average molecular weight is 470 g/mol. The van der Waals surface area contributed by atoms with Gasteiger partial charge >= 0.3 is 6.18 Å². The zero-order valence-electron chi connectivity index (χ0n) is 18.0. The summed E-state index contributed by atoms with van der Waals surface area (Å²) in [6, 6.07) is 11.5. The van der Waals surface area contributed by atoms with E-state index in [0.29, 0.717) is 32.7 Å². The van der Waals surface area contributed by atoms with Crippen LogP contribution in [0, 0.1) is 6.92 Å². The minimum Gasteiger partial charge on any atom is -0.339 e. The number of amides is 1. The van der Waals surface area contributed by atoms with Gasteiger partial charge in [-0.2, -0.15) is 17.5 Å². The molecule has 0 unspecified atom stereocenters. The minimum absolute atomic E-state index is 0.139. The van der Waals surface area contributed by atoms with Crippen LogP contribution in [0.3, 0.4) is 0 Å². The predicted octanol–water partition coefficient (Wildman–Crippen LogP) is 2.98. The van der Waals surface area contributed by atoms with Crippen molar-refractivity contribution >= 4 is 15.9 Å². The molecule has 0 aromatic heterocycles. The lowest BCUT2D eigenvalue weighted by atomic mass is 10.1. The fourth-order valence-electron chi connectivity index (χ4n) is 3.48. The minimum atomic E-state index is -4.36. The van der Waals surface area contributed by atoms with Crippen LogP contribution in [0.4, 0.5) is 13.2 Å². The highest BCUT2D eigenvalue weighted by atomic mass is 32.2. The molecular formula is C22H26F3N3O3S. The van der Waals surface area contributed by atoms with E-state index in [9.17, 15) is 26.4 Å². The molecule has 1 heterocycles. The van der Waals surface area contributed by atoms with Gasteiger partial charge in [0.25, 0.3) is 0 Å². The first-order valence-electron chi connectivity index (χ1n) is 10.2. The van der Waals surface area contributed by atoms with E-state index in [4.69, 9.17) is 0 Å². The maximum atomic E-state index is 12.7. The molecule has 1 fully saturated rings. The Morgan fingerprint density at radius 3 is 2.06 bits per heavy atom. The summed E-state index contributed by atoms with van der Waals surface area (Å²) in [5.74, 6) is -0.280. The Morgan fingerprint density at radius 1 is 0.969 bits per heavy atom. The van der Waals surface area contributed by atoms with Crippen LogP contribution in [0.1, 0.15) is 16.7 Å². The van der Waals surface area contributed by atoms with Crippen LogP contribution in [0.15, 0.2) is 53.4 Å². The molecule has 1 aliphatic rings. The normalized spacial score (nSPS) is 15.9. The van der Waals surface area contributed by atoms with Gasteiger partial charge in [-0.1, -0.05) is 29.8 Å². The van der Waals surface area contributed by atoms with Crippen LogP contribution in [0.2, 0.25) is 0 Å². The number of alkyl halides is 3. The smallest absolute Gasteiger partial charge is 0.339 e. The van der Waals surface area contributed by atoms with Crippen molar-refractivity contribution in [1.29, 1.82) is 0 Å². The first kappa shape index (κ1) is 24.2. The Balaban J connectivity index is 1.51. The number of piperazine rings is 1. The second-order valence-corrected chi connectivity index (χ2v) is 9.97. The predicted molar refractivity (Wildman–Crippen MR) is 114 cm³/mol. The van der Waals surface area contributed by atoms with E-state index >= 15 is 0 Å². The number of rotatable bonds is 6. The molecular weight excluding hydrogens is 443 g/mol. The Kier molecular flexibility index (Phi) is 7.26. The molecule has 0 bridgehead atoms. The number of carbonyl (C=O) groups is 1. The third-order valence-electron chi connectivity index (χ3n) is 5.50. The summed E-state index contributed by atoms with van der Waals surface area (Å²) in [6.45, 7) is 4.07. The highest BCUT2D eigenvalue weighted by Crippen LogP contribution is 2.29. The first-order chi connectivity index (χ1) is 15.0. The number of nitrogens with zero attached hydrogens (tertiary/aromatic N) is 3. The summed E-state index contributed by atoms with van der Waals surface area (Å²) in [4.78, 5) is 16.4. The number of hydrogen-bond donors (Lipinski definition) is 0. The Morgan fingerprint density at radius 2 is 1.53 bits per heavy atom. The molecule has 32 heavy (non-hydrogen) atoms. The molecule has 0 aliphatic carbocycles. The largest absolute Gasteiger partial charge is 0.416 e. The standard InChI is InChI=1S/C22H26F3N3O3S/c1-17-3-9-20(10-4-17)32(30,31)26(2)16-21(29)28-13-11-27(12-14-28)15-18-5-7-19(8-6-18)22(23,24)25/h3-10H,11-16H2,1-2H3. The Bertz CT molecular complexity index is 1030. The van der Waals surface area contributed by atoms with Gasteiger partial charge in [0.1, 0.15) is 0 Å². The van der Waals surface area contributed by atoms with E-state index in [1.54, 1.807) is 17.0 Å². The SMILES string of the molecule is Cc1ccc(S(=O)(=O)N(C)CC(=O)N2CCN(Cc3ccc(C(F)(F)F)cc3)CC2)cc1. The van der Waals surface area contributed by atoms with E-state index in [-0.39, 0.29) is 17.3 Å². The quantitative estimate of drug-likeness (QED) is 0.653. The molecule has 0 N–H and O–H groups in total. The van der Waals surface area contributed by atoms with Crippen LogP contribution >= 0.6 is 0 Å². The molecule has 10 heteroatoms. The monoisotopic (exact) mass is 469 g/mol. The van der Waals surface area contributed by atoms with Crippen molar-refractivity contribution < 1.29 is 26.4 Å². The van der Waals surface area contributed by atoms with Gasteiger partial charge in [0.2, 0.25) is 15.9 Å². The topological polar surface area (TPSA) is 60.9 Å². The molecule has 6 nitrogen and oxygen atoms in total. The average Bonchev–Trinajstić information content (AvgIpc) is 2.74. The molecule has 0 saturated carbocycles. The lowest BCUT2D eigenvalue weighted by molar-refractivity contribution is -0.137. The molecule has 174 valence electrons. The number of benzene rings is 2. The van der Waals surface area contributed by atoms with Gasteiger partial charge in [-0.25, -0.2) is 8.42 Å². The van der Waals surface area contributed by atoms with Crippen molar-refractivity contribution in [2.75, 3.05) is 39.8 Å². The van der Waals surface area contributed by atoms with Gasteiger partial charge in [-0.05, 0) is 36.8 Å². The van der Waals surface area contributed by atoms with Gasteiger partial charge < -0.3 is 4.90 Å². The molecule has 1 aliphatic heterocycles. The molecule has 0 radical (unpaired) electrons. The van der Waals surface area contributed by atoms with Gasteiger partial charge in [0.15, 0.2) is 0 Å². The van der Waals surface area contributed by atoms with Crippen LogP contribution in [0.5, 0.6) is 0 Å². The summed E-state index contributed by atoms with van der Waals surface area (Å²) in [7, 11) is -2.38. The molecule has 0 spiro atoms. The number of halogens is 3. The van der Waals surface area contributed by atoms with Crippen molar-refractivity contribution in [3.8, 4) is 0 Å². The van der Waals surface area contributed by atoms with Gasteiger partial charge in [0, 0.05) is 39.8 Å². The van der Waals surface area contributed by atoms with Gasteiger partial charge in [-0.15, -0.1) is 0 Å². The number of likely N-dealkylation sites (N-methyl/N-ethyl adjacent to an activating group) is 1. The van der Waals surface area contributed by atoms with Crippen LogP contribution in [0.25, 0.3) is 0 Å². The summed E-state index contributed by atoms with van der Waals surface area (Å²) in [6.07, 6.45) is -4.36. The summed E-state index contributed by atoms with van der Waals surface area (Å²) < 4.78 is 64.5. The maximum absolute atomic E-state index is 12.7. The molecule has 2 aromatic rings. The first-order valence-corrected chi connectivity index (χ1v) is 11.6. The number of sulfonamides is 1. The number of aryl methyl sites for hydroxylation is 1. The lowest BCUT2D eigenvalue weighted by Gasteiger charge is -2.35. The zero-order valence-corrected chi connectivity index (χ0v) is 18.8. The van der Waals surface area contributed by atoms with Crippen LogP contribution in [-0.2, 0) is 27.5 Å². The lowest BCUT2D eigenvalue weighted by Crippen LogP contribution is -2.51. The van der Waals surface area contributed by atoms with Gasteiger partial charge in [0.05, 0.1) is 17.0 Å². The molecule has 1 saturated heterocycles. The second kappa shape index (κ2) is 9.60. The zero-order chi connectivity index (χ0) is 23.5. The van der Waals surface area contributed by atoms with Crippen LogP contribution in [-0.4, -0.2) is 68.2 Å². The van der Waals surface area contributed by atoms with Crippen LogP contribution < -0.4 is 0 Å². The van der Waals surface area contributed by atoms with E-state index in [2.05, 4.69) is 4.90 Å². The molecule has 0 atom stereocenters. The fraction of sp³-hybridized carbons (Fsp3) is 0.409. The van der Waals surface area contributed by atoms with E-state index in [1.165, 1.54) is 31.3 Å². The third kappa shape index (κ3) is 5.87. The number of hydrogen-bond acceptors (Lipinski definition) is 4. The van der Waals surface area contributed by atoms with Crippen molar-refractivity contribution in [3.63, 3.8) is 0 Å². The molecule has 1 amide bonds. The highest BCUT2D eigenvalue weighted by molar-refractivity contribution is 7.89. The summed E-state index contributed by atoms with van der Waals surface area (Å²) in [5.41, 5.74) is 1.03. The fourth-order valence-corrected chi connectivity index (χ4v) is 4.60. The summed E-state index contributed by atoms with van der Waals surface area (Å²) >= 11 is 0. The van der Waals surface area contributed by atoms with E-state index < -0.39 is 21.8 Å². The van der Waals surface area contributed by atoms with Crippen molar-refractivity contribution in [3.05, 3.63) is 65.2 Å². The van der Waals surface area contributed by atoms with Crippen molar-refractivity contribution in [1.82, 2.24) is 14.1 Å². The van der Waals surface area contributed by atoms with E-state index in [0.717, 1.165) is 27.6 Å². The highest BCUT2D eigenvalue weighted by Gasteiger charge is 2.30.